The molecule has 104 valence electrons. The first-order valence-electron chi connectivity index (χ1n) is 6.95. The number of nitrogens with two attached hydrogens (primary N) is 1. The van der Waals surface area contributed by atoms with Crippen LogP contribution in [0.3, 0.4) is 0 Å². The minimum atomic E-state index is 0.291. The average molecular weight is 261 g/mol. The van der Waals surface area contributed by atoms with Crippen molar-refractivity contribution in [2.24, 2.45) is 11.7 Å². The third-order valence-corrected chi connectivity index (χ3v) is 4.10. The summed E-state index contributed by atoms with van der Waals surface area (Å²) in [6.45, 7) is 10.7. The van der Waals surface area contributed by atoms with Crippen molar-refractivity contribution < 1.29 is 4.79 Å². The summed E-state index contributed by atoms with van der Waals surface area (Å²) in [5, 5.41) is 0. The zero-order valence-corrected chi connectivity index (χ0v) is 11.5. The Morgan fingerprint density at radius 1 is 1.05 bits per heavy atom. The molecule has 0 atom stereocenters. The van der Waals surface area contributed by atoms with Crippen LogP contribution in [0.15, 0.2) is 36.7 Å². The first-order chi connectivity index (χ1) is 9.17. The van der Waals surface area contributed by atoms with Crippen LogP contribution in [-0.2, 0) is 4.79 Å². The molecule has 1 saturated carbocycles. The molecular formula is C15H23N3O. The van der Waals surface area contributed by atoms with Crippen molar-refractivity contribution in [1.82, 2.24) is 9.80 Å². The van der Waals surface area contributed by atoms with Gasteiger partial charge >= 0.3 is 0 Å². The predicted octanol–water partition coefficient (Wildman–Crippen LogP) is 1.47. The number of amides is 1. The molecule has 1 saturated heterocycles. The largest absolute Gasteiger partial charge is 0.397 e. The molecule has 0 aromatic rings. The van der Waals surface area contributed by atoms with Gasteiger partial charge in [-0.1, -0.05) is 19.6 Å². The molecule has 4 nitrogen and oxygen atoms in total. The number of carbonyl (C=O) groups excluding carboxylic acids is 1. The summed E-state index contributed by atoms with van der Waals surface area (Å²) in [6, 6.07) is 0. The van der Waals surface area contributed by atoms with Crippen molar-refractivity contribution in [1.29, 1.82) is 0 Å². The molecule has 1 heterocycles. The normalized spacial score (nSPS) is 21.5. The molecule has 1 amide bonds. The molecule has 0 aromatic heterocycles. The van der Waals surface area contributed by atoms with Crippen molar-refractivity contribution in [3.8, 4) is 0 Å². The third-order valence-electron chi connectivity index (χ3n) is 4.10. The number of hydrogen-bond acceptors (Lipinski definition) is 3. The maximum atomic E-state index is 12.2. The Bertz CT molecular complexity index is 402. The lowest BCUT2D eigenvalue weighted by Gasteiger charge is -2.39. The predicted molar refractivity (Wildman–Crippen MR) is 77.1 cm³/mol. The van der Waals surface area contributed by atoms with Crippen LogP contribution in [-0.4, -0.2) is 41.9 Å². The van der Waals surface area contributed by atoms with E-state index >= 15 is 0 Å². The summed E-state index contributed by atoms with van der Waals surface area (Å²) >= 11 is 0. The number of nitrogens with zero attached hydrogens (tertiary/aromatic N) is 2. The Hall–Kier alpha value is -1.71. The maximum absolute atomic E-state index is 12.2. The molecule has 2 fully saturated rings. The van der Waals surface area contributed by atoms with Gasteiger partial charge in [0.05, 0.1) is 11.4 Å². The van der Waals surface area contributed by atoms with Gasteiger partial charge in [-0.2, -0.15) is 0 Å². The van der Waals surface area contributed by atoms with Crippen molar-refractivity contribution in [2.75, 3.05) is 26.2 Å². The fourth-order valence-corrected chi connectivity index (χ4v) is 2.62. The highest BCUT2D eigenvalue weighted by Gasteiger charge is 2.31. The molecule has 1 aliphatic heterocycles. The maximum Gasteiger partial charge on any atom is 0.225 e. The molecular weight excluding hydrogens is 238 g/mol. The lowest BCUT2D eigenvalue weighted by Crippen LogP contribution is -2.50. The molecule has 2 rings (SSSR count). The average Bonchev–Trinajstić information content (AvgIpc) is 2.38. The quantitative estimate of drug-likeness (QED) is 0.780. The van der Waals surface area contributed by atoms with E-state index in [9.17, 15) is 4.79 Å². The van der Waals surface area contributed by atoms with E-state index in [-0.39, 0.29) is 0 Å². The summed E-state index contributed by atoms with van der Waals surface area (Å²) in [7, 11) is 0. The van der Waals surface area contributed by atoms with E-state index < -0.39 is 0 Å². The molecule has 2 aliphatic rings. The highest BCUT2D eigenvalue weighted by atomic mass is 16.2. The zero-order valence-electron chi connectivity index (χ0n) is 11.5. The Morgan fingerprint density at radius 3 is 2.05 bits per heavy atom. The number of hydrogen-bond donors (Lipinski definition) is 1. The summed E-state index contributed by atoms with van der Waals surface area (Å²) < 4.78 is 0. The summed E-state index contributed by atoms with van der Waals surface area (Å²) in [5.41, 5.74) is 7.47. The minimum absolute atomic E-state index is 0.291. The van der Waals surface area contributed by atoms with Crippen LogP contribution in [0.1, 0.15) is 19.3 Å². The number of piperazine rings is 1. The molecule has 0 bridgehead atoms. The van der Waals surface area contributed by atoms with Gasteiger partial charge < -0.3 is 15.5 Å². The molecule has 0 radical (unpaired) electrons. The van der Waals surface area contributed by atoms with Crippen LogP contribution < -0.4 is 5.73 Å². The van der Waals surface area contributed by atoms with Gasteiger partial charge in [0.15, 0.2) is 0 Å². The Kier molecular flexibility index (Phi) is 4.30. The van der Waals surface area contributed by atoms with Crippen LogP contribution in [0.25, 0.3) is 0 Å². The smallest absolute Gasteiger partial charge is 0.225 e. The second kappa shape index (κ2) is 5.95. The minimum Gasteiger partial charge on any atom is -0.397 e. The molecule has 2 N–H and O–H groups in total. The summed E-state index contributed by atoms with van der Waals surface area (Å²) in [5.74, 6) is 0.630. The highest BCUT2D eigenvalue weighted by molar-refractivity contribution is 5.79. The molecule has 0 unspecified atom stereocenters. The van der Waals surface area contributed by atoms with Gasteiger partial charge in [-0.3, -0.25) is 4.79 Å². The number of rotatable bonds is 4. The lowest BCUT2D eigenvalue weighted by molar-refractivity contribution is -0.139. The molecule has 0 spiro atoms. The van der Waals surface area contributed by atoms with Crippen molar-refractivity contribution >= 4 is 5.91 Å². The Balaban J connectivity index is 1.93. The number of allylic oxidation sites excluding steroid dienone is 2. The van der Waals surface area contributed by atoms with Crippen molar-refractivity contribution in [3.05, 3.63) is 36.7 Å². The number of carbonyl (C=O) groups is 1. The van der Waals surface area contributed by atoms with Gasteiger partial charge in [0, 0.05) is 32.1 Å². The van der Waals surface area contributed by atoms with Gasteiger partial charge in [-0.25, -0.2) is 0 Å². The molecule has 19 heavy (non-hydrogen) atoms. The van der Waals surface area contributed by atoms with E-state index in [2.05, 4.69) is 18.1 Å². The fraction of sp³-hybridized carbons (Fsp3) is 0.533. The fourth-order valence-electron chi connectivity index (χ4n) is 2.62. The van der Waals surface area contributed by atoms with Crippen molar-refractivity contribution in [3.63, 3.8) is 0 Å². The van der Waals surface area contributed by atoms with Crippen LogP contribution >= 0.6 is 0 Å². The second-order valence-corrected chi connectivity index (χ2v) is 5.19. The Labute approximate surface area is 115 Å². The third kappa shape index (κ3) is 2.83. The van der Waals surface area contributed by atoms with Gasteiger partial charge in [-0.15, -0.1) is 0 Å². The SMILES string of the molecule is C=C/C(N)=C(\C=C)N1CCN(C(=O)C2CCC2)CC1. The first kappa shape index (κ1) is 13.7. The second-order valence-electron chi connectivity index (χ2n) is 5.19. The van der Waals surface area contributed by atoms with Gasteiger partial charge in [0.2, 0.25) is 5.91 Å². The van der Waals surface area contributed by atoms with E-state index in [4.69, 9.17) is 5.73 Å². The van der Waals surface area contributed by atoms with Gasteiger partial charge in [0.1, 0.15) is 0 Å². The van der Waals surface area contributed by atoms with Crippen molar-refractivity contribution in [2.45, 2.75) is 19.3 Å². The zero-order chi connectivity index (χ0) is 13.8. The Morgan fingerprint density at radius 2 is 1.63 bits per heavy atom. The summed E-state index contributed by atoms with van der Waals surface area (Å²) in [6.07, 6.45) is 6.75. The van der Waals surface area contributed by atoms with Crippen LogP contribution in [0.4, 0.5) is 0 Å². The lowest BCUT2D eigenvalue weighted by atomic mass is 9.84. The molecule has 1 aliphatic carbocycles. The monoisotopic (exact) mass is 261 g/mol. The van der Waals surface area contributed by atoms with E-state index in [1.807, 2.05) is 4.90 Å². The molecule has 0 aromatic carbocycles. The molecule has 4 heteroatoms. The van der Waals surface area contributed by atoms with Crippen LogP contribution in [0.5, 0.6) is 0 Å². The van der Waals surface area contributed by atoms with E-state index in [1.54, 1.807) is 12.2 Å². The van der Waals surface area contributed by atoms with Gasteiger partial charge in [-0.05, 0) is 25.0 Å². The van der Waals surface area contributed by atoms with E-state index in [0.29, 0.717) is 17.5 Å². The first-order valence-corrected chi connectivity index (χ1v) is 6.95. The summed E-state index contributed by atoms with van der Waals surface area (Å²) in [4.78, 5) is 16.3. The topological polar surface area (TPSA) is 49.6 Å². The van der Waals surface area contributed by atoms with Gasteiger partial charge in [0.25, 0.3) is 0 Å². The van der Waals surface area contributed by atoms with Crippen LogP contribution in [0, 0.1) is 5.92 Å². The standard InChI is InChI=1S/C15H23N3O/c1-3-13(16)14(4-2)17-8-10-18(11-9-17)15(19)12-6-5-7-12/h3-4,12H,1-2,5-11,16H2/b14-13-. The van der Waals surface area contributed by atoms with E-state index in [1.165, 1.54) is 6.42 Å². The van der Waals surface area contributed by atoms with E-state index in [0.717, 1.165) is 44.7 Å². The van der Waals surface area contributed by atoms with Crippen LogP contribution in [0.2, 0.25) is 0 Å². The highest BCUT2D eigenvalue weighted by Crippen LogP contribution is 2.28.